The summed E-state index contributed by atoms with van der Waals surface area (Å²) in [5, 5.41) is 9.95. The van der Waals surface area contributed by atoms with E-state index in [1.54, 1.807) is 12.1 Å². The Morgan fingerprint density at radius 3 is 2.00 bits per heavy atom. The summed E-state index contributed by atoms with van der Waals surface area (Å²) in [5.41, 5.74) is 2.18. The number of hydrogen-bond donors (Lipinski definition) is 1. The summed E-state index contributed by atoms with van der Waals surface area (Å²) < 4.78 is 37.7. The number of Topliss-reactive ketones (excluding diaryl/α,β-unsaturated/α-hetero) is 2. The lowest BCUT2D eigenvalue weighted by Crippen LogP contribution is -2.45. The smallest absolute Gasteiger partial charge is 0.339 e. The number of benzene rings is 2. The highest BCUT2D eigenvalue weighted by Crippen LogP contribution is 2.55. The number of allylic oxidation sites excluding steroid dienone is 4. The molecule has 2 aromatic rings. The highest BCUT2D eigenvalue weighted by Gasteiger charge is 2.49. The first-order valence-corrected chi connectivity index (χ1v) is 17.1. The van der Waals surface area contributed by atoms with Crippen LogP contribution in [-0.2, 0) is 24.5 Å². The van der Waals surface area contributed by atoms with Gasteiger partial charge in [-0.15, -0.1) is 0 Å². The van der Waals surface area contributed by atoms with E-state index in [2.05, 4.69) is 15.9 Å². The number of nitrogens with zero attached hydrogens (tertiary/aromatic N) is 1. The van der Waals surface area contributed by atoms with E-state index in [1.807, 2.05) is 32.6 Å². The highest BCUT2D eigenvalue weighted by atomic mass is 79.9. The number of halogens is 2. The van der Waals surface area contributed by atoms with Gasteiger partial charge in [0.05, 0.1) is 18.0 Å². The summed E-state index contributed by atoms with van der Waals surface area (Å²) in [6, 6.07) is 8.80. The minimum atomic E-state index is -4.28. The summed E-state index contributed by atoms with van der Waals surface area (Å²) in [4.78, 5) is 41.5. The third-order valence-corrected chi connectivity index (χ3v) is 10.5. The van der Waals surface area contributed by atoms with Crippen LogP contribution < -0.4 is 8.92 Å². The number of ether oxygens (including phenoxy) is 1. The van der Waals surface area contributed by atoms with Crippen molar-refractivity contribution in [1.82, 2.24) is 4.90 Å². The van der Waals surface area contributed by atoms with Crippen molar-refractivity contribution in [3.63, 3.8) is 0 Å². The normalized spacial score (nSPS) is 19.8. The third kappa shape index (κ3) is 6.57. The molecule has 0 unspecified atom stereocenters. The molecule has 0 aromatic heterocycles. The van der Waals surface area contributed by atoms with Crippen LogP contribution in [0.2, 0.25) is 5.02 Å². The molecule has 0 bridgehead atoms. The number of carbonyl (C=O) groups is 3. The molecule has 1 aliphatic heterocycles. The topological polar surface area (TPSA) is 127 Å². The molecule has 5 rings (SSSR count). The molecular formula is C33H35BrClNO8S. The molecule has 0 radical (unpaired) electrons. The Kier molecular flexibility index (Phi) is 8.78. The zero-order valence-corrected chi connectivity index (χ0v) is 28.9. The number of ketones is 2. The van der Waals surface area contributed by atoms with Crippen molar-refractivity contribution in [2.75, 3.05) is 13.7 Å². The van der Waals surface area contributed by atoms with Gasteiger partial charge in [-0.3, -0.25) is 14.4 Å². The van der Waals surface area contributed by atoms with Crippen molar-refractivity contribution in [3.05, 3.63) is 74.0 Å². The molecule has 2 aliphatic carbocycles. The quantitative estimate of drug-likeness (QED) is 0.286. The highest BCUT2D eigenvalue weighted by molar-refractivity contribution is 9.10. The molecular weight excluding hydrogens is 686 g/mol. The first-order valence-electron chi connectivity index (χ1n) is 14.5. The molecule has 1 heterocycles. The van der Waals surface area contributed by atoms with E-state index in [0.29, 0.717) is 34.6 Å². The second-order valence-electron chi connectivity index (χ2n) is 13.4. The summed E-state index contributed by atoms with van der Waals surface area (Å²) >= 11 is 9.40. The Labute approximate surface area is 276 Å². The van der Waals surface area contributed by atoms with Crippen LogP contribution in [-0.4, -0.2) is 49.6 Å². The van der Waals surface area contributed by atoms with Crippen LogP contribution >= 0.6 is 27.5 Å². The Morgan fingerprint density at radius 2 is 1.51 bits per heavy atom. The van der Waals surface area contributed by atoms with Crippen LogP contribution in [0.4, 0.5) is 0 Å². The van der Waals surface area contributed by atoms with Crippen molar-refractivity contribution < 1.29 is 36.8 Å². The van der Waals surface area contributed by atoms with E-state index in [9.17, 15) is 27.9 Å². The first kappa shape index (κ1) is 33.2. The van der Waals surface area contributed by atoms with Gasteiger partial charge in [-0.05, 0) is 81.6 Å². The molecule has 0 saturated heterocycles. The van der Waals surface area contributed by atoms with E-state index in [-0.39, 0.29) is 69.1 Å². The number of methoxy groups -OCH3 is 1. The average Bonchev–Trinajstić information content (AvgIpc) is 2.91. The van der Waals surface area contributed by atoms with Crippen LogP contribution in [0.25, 0.3) is 0 Å². The van der Waals surface area contributed by atoms with Gasteiger partial charge in [0.1, 0.15) is 4.90 Å². The molecule has 0 saturated carbocycles. The molecule has 9 nitrogen and oxygen atoms in total. The molecule has 1 N–H and O–H groups in total. The predicted molar refractivity (Wildman–Crippen MR) is 172 cm³/mol. The molecule has 12 heteroatoms. The van der Waals surface area contributed by atoms with E-state index >= 15 is 0 Å². The Hall–Kier alpha value is -3.15. The number of hydrogen-bond acceptors (Lipinski definition) is 8. The fourth-order valence-electron chi connectivity index (χ4n) is 6.60. The zero-order valence-electron chi connectivity index (χ0n) is 25.7. The molecule has 0 fully saturated rings. The lowest BCUT2D eigenvalue weighted by molar-refractivity contribution is -0.137. The number of carbonyl (C=O) groups excluding carboxylic acids is 2. The fourth-order valence-corrected chi connectivity index (χ4v) is 8.34. The maximum Gasteiger partial charge on any atom is 0.339 e. The van der Waals surface area contributed by atoms with Crippen LogP contribution in [0, 0.1) is 10.8 Å². The maximum absolute atomic E-state index is 14.0. The van der Waals surface area contributed by atoms with Crippen LogP contribution in [0.3, 0.4) is 0 Å². The number of carboxylic acid groups (broad SMARTS) is 1. The Bertz CT molecular complexity index is 1720. The predicted octanol–water partition coefficient (Wildman–Crippen LogP) is 7.04. The summed E-state index contributed by atoms with van der Waals surface area (Å²) in [7, 11) is -2.90. The second-order valence-corrected chi connectivity index (χ2v) is 16.2. The molecule has 240 valence electrons. The average molecular weight is 721 g/mol. The number of carboxylic acids is 1. The second kappa shape index (κ2) is 11.9. The van der Waals surface area contributed by atoms with E-state index < -0.39 is 22.0 Å². The van der Waals surface area contributed by atoms with Crippen LogP contribution in [0.1, 0.15) is 71.3 Å². The first-order chi connectivity index (χ1) is 20.9. The van der Waals surface area contributed by atoms with Crippen LogP contribution in [0.5, 0.6) is 11.5 Å². The van der Waals surface area contributed by atoms with E-state index in [1.165, 1.54) is 31.4 Å². The van der Waals surface area contributed by atoms with Crippen molar-refractivity contribution in [2.45, 2.75) is 70.6 Å². The minimum Gasteiger partial charge on any atom is -0.493 e. The monoisotopic (exact) mass is 719 g/mol. The van der Waals surface area contributed by atoms with Gasteiger partial charge in [-0.1, -0.05) is 39.3 Å². The molecule has 0 atom stereocenters. The molecule has 0 spiro atoms. The lowest BCUT2D eigenvalue weighted by atomic mass is 9.63. The van der Waals surface area contributed by atoms with Gasteiger partial charge in [-0.2, -0.15) is 8.42 Å². The van der Waals surface area contributed by atoms with Gasteiger partial charge < -0.3 is 18.9 Å². The standard InChI is InChI=1S/C33H35BrClNO8S/c1-32(2)14-22-29(24(37)16-32)28(30-23(36(22)11-10-27(39)40)15-33(3,4)17-25(30)38)18-12-21(34)31(26(13-18)43-5)44-45(41,42)20-8-6-19(35)7-9-20/h6-9,12-13,28H,10-11,14-17H2,1-5H3,(H,39,40). The summed E-state index contributed by atoms with van der Waals surface area (Å²) in [6.07, 6.45) is 1.41. The maximum atomic E-state index is 14.0. The minimum absolute atomic E-state index is 0.0849. The number of aliphatic carboxylic acids is 1. The zero-order chi connectivity index (χ0) is 33.1. The van der Waals surface area contributed by atoms with Crippen LogP contribution in [0.15, 0.2) is 68.3 Å². The summed E-state index contributed by atoms with van der Waals surface area (Å²) in [6.45, 7) is 8.16. The van der Waals surface area contributed by atoms with Gasteiger partial charge in [0, 0.05) is 52.9 Å². The van der Waals surface area contributed by atoms with Gasteiger partial charge in [-0.25, -0.2) is 0 Å². The lowest BCUT2D eigenvalue weighted by Gasteiger charge is -2.49. The Balaban J connectivity index is 1.69. The summed E-state index contributed by atoms with van der Waals surface area (Å²) in [5.74, 6) is -1.96. The molecule has 3 aliphatic rings. The fraction of sp³-hybridized carbons (Fsp3) is 0.424. The van der Waals surface area contributed by atoms with Crippen molar-refractivity contribution in [1.29, 1.82) is 0 Å². The van der Waals surface area contributed by atoms with Gasteiger partial charge in [0.15, 0.2) is 23.1 Å². The Morgan fingerprint density at radius 1 is 0.978 bits per heavy atom. The third-order valence-electron chi connectivity index (χ3n) is 8.45. The number of rotatable bonds is 8. The van der Waals surface area contributed by atoms with Gasteiger partial charge >= 0.3 is 16.1 Å². The van der Waals surface area contributed by atoms with Crippen molar-refractivity contribution >= 4 is 55.2 Å². The van der Waals surface area contributed by atoms with E-state index in [4.69, 9.17) is 20.5 Å². The molecule has 2 aromatic carbocycles. The van der Waals surface area contributed by atoms with Crippen molar-refractivity contribution in [2.24, 2.45) is 10.8 Å². The van der Waals surface area contributed by atoms with Gasteiger partial charge in [0.25, 0.3) is 0 Å². The SMILES string of the molecule is COc1cc(C2C3=C(CC(C)(C)CC3=O)N(CCC(=O)O)C3=C2C(=O)CC(C)(C)C3)cc(Br)c1OS(=O)(=O)c1ccc(Cl)cc1. The molecule has 0 amide bonds. The molecule has 45 heavy (non-hydrogen) atoms. The largest absolute Gasteiger partial charge is 0.493 e. The van der Waals surface area contributed by atoms with Gasteiger partial charge in [0.2, 0.25) is 0 Å². The van der Waals surface area contributed by atoms with Crippen molar-refractivity contribution in [3.8, 4) is 11.5 Å². The van der Waals surface area contributed by atoms with E-state index in [0.717, 1.165) is 11.4 Å².